The third kappa shape index (κ3) is 6.89. The molecule has 0 aromatic heterocycles. The number of hydrogen-bond donors (Lipinski definition) is 2. The van der Waals surface area contributed by atoms with Gasteiger partial charge in [-0.2, -0.15) is 0 Å². The van der Waals surface area contributed by atoms with E-state index in [9.17, 15) is 13.6 Å². The van der Waals surface area contributed by atoms with Crippen LogP contribution in [0.25, 0.3) is 0 Å². The standard InChI is InChI=1S/C7H13F2NO2.BrH/c1-2-3-7(8,9)4-5(10)6(11)12;/h5H,2-4,10H2,1H3,(H,11,12);1H. The molecule has 13 heavy (non-hydrogen) atoms. The molecule has 0 saturated carbocycles. The summed E-state index contributed by atoms with van der Waals surface area (Å²) in [5.74, 6) is -4.34. The number of nitrogens with two attached hydrogens (primary N) is 1. The number of carbonyl (C=O) groups is 1. The molecular weight excluding hydrogens is 248 g/mol. The molecular formula is C7H14BrF2NO2. The Hall–Kier alpha value is -0.230. The Morgan fingerprint density at radius 2 is 2.08 bits per heavy atom. The normalized spacial score (nSPS) is 13.2. The van der Waals surface area contributed by atoms with Gasteiger partial charge in [0.05, 0.1) is 0 Å². The lowest BCUT2D eigenvalue weighted by Gasteiger charge is -2.17. The minimum absolute atomic E-state index is 0. The first-order valence-corrected chi connectivity index (χ1v) is 3.75. The van der Waals surface area contributed by atoms with Crippen molar-refractivity contribution >= 4 is 23.0 Å². The van der Waals surface area contributed by atoms with Gasteiger partial charge in [-0.1, -0.05) is 13.3 Å². The van der Waals surface area contributed by atoms with Crippen LogP contribution in [0.2, 0.25) is 0 Å². The highest BCUT2D eigenvalue weighted by atomic mass is 79.9. The minimum atomic E-state index is -2.95. The van der Waals surface area contributed by atoms with Crippen molar-refractivity contribution in [1.29, 1.82) is 0 Å². The van der Waals surface area contributed by atoms with Crippen LogP contribution >= 0.6 is 17.0 Å². The Morgan fingerprint density at radius 1 is 1.62 bits per heavy atom. The number of hydrogen-bond acceptors (Lipinski definition) is 2. The van der Waals surface area contributed by atoms with Crippen molar-refractivity contribution in [2.75, 3.05) is 0 Å². The second-order valence-electron chi connectivity index (χ2n) is 2.75. The van der Waals surface area contributed by atoms with Gasteiger partial charge in [-0.05, 0) is 0 Å². The van der Waals surface area contributed by atoms with Gasteiger partial charge in [0.1, 0.15) is 6.04 Å². The quantitative estimate of drug-likeness (QED) is 0.794. The van der Waals surface area contributed by atoms with Crippen LogP contribution in [-0.4, -0.2) is 23.0 Å². The number of alkyl halides is 2. The molecule has 0 saturated heterocycles. The van der Waals surface area contributed by atoms with E-state index >= 15 is 0 Å². The first-order valence-electron chi connectivity index (χ1n) is 3.75. The van der Waals surface area contributed by atoms with Gasteiger partial charge in [0, 0.05) is 12.8 Å². The molecule has 0 aliphatic rings. The molecule has 6 heteroatoms. The van der Waals surface area contributed by atoms with Crippen LogP contribution in [0.15, 0.2) is 0 Å². The van der Waals surface area contributed by atoms with E-state index in [1.807, 2.05) is 0 Å². The van der Waals surface area contributed by atoms with Crippen molar-refractivity contribution in [2.45, 2.75) is 38.2 Å². The van der Waals surface area contributed by atoms with E-state index in [-0.39, 0.29) is 23.4 Å². The van der Waals surface area contributed by atoms with Crippen LogP contribution in [-0.2, 0) is 4.79 Å². The van der Waals surface area contributed by atoms with Crippen molar-refractivity contribution in [2.24, 2.45) is 5.73 Å². The zero-order chi connectivity index (χ0) is 9.78. The van der Waals surface area contributed by atoms with Crippen LogP contribution in [0.5, 0.6) is 0 Å². The highest BCUT2D eigenvalue weighted by molar-refractivity contribution is 8.93. The summed E-state index contributed by atoms with van der Waals surface area (Å²) in [5, 5.41) is 8.26. The summed E-state index contributed by atoms with van der Waals surface area (Å²) < 4.78 is 25.4. The average Bonchev–Trinajstić information content (AvgIpc) is 1.85. The first kappa shape index (κ1) is 15.3. The summed E-state index contributed by atoms with van der Waals surface area (Å²) in [7, 11) is 0. The molecule has 0 amide bonds. The highest BCUT2D eigenvalue weighted by Crippen LogP contribution is 2.25. The second kappa shape index (κ2) is 6.26. The molecule has 3 N–H and O–H groups in total. The molecule has 0 aliphatic heterocycles. The van der Waals surface area contributed by atoms with Gasteiger partial charge in [-0.15, -0.1) is 17.0 Å². The molecule has 0 bridgehead atoms. The number of carboxylic acid groups (broad SMARTS) is 1. The van der Waals surface area contributed by atoms with Gasteiger partial charge in [0.15, 0.2) is 0 Å². The van der Waals surface area contributed by atoms with Gasteiger partial charge in [0.2, 0.25) is 5.92 Å². The largest absolute Gasteiger partial charge is 0.480 e. The molecule has 0 radical (unpaired) electrons. The Balaban J connectivity index is 0. The Morgan fingerprint density at radius 3 is 2.38 bits per heavy atom. The maximum absolute atomic E-state index is 12.7. The fourth-order valence-electron chi connectivity index (χ4n) is 0.877. The van der Waals surface area contributed by atoms with E-state index in [0.717, 1.165) is 0 Å². The van der Waals surface area contributed by atoms with Crippen LogP contribution in [0.3, 0.4) is 0 Å². The number of rotatable bonds is 5. The van der Waals surface area contributed by atoms with Gasteiger partial charge in [0.25, 0.3) is 0 Å². The van der Waals surface area contributed by atoms with Crippen LogP contribution < -0.4 is 5.73 Å². The lowest BCUT2D eigenvalue weighted by atomic mass is 10.1. The smallest absolute Gasteiger partial charge is 0.320 e. The monoisotopic (exact) mass is 261 g/mol. The van der Waals surface area contributed by atoms with Crippen molar-refractivity contribution in [1.82, 2.24) is 0 Å². The van der Waals surface area contributed by atoms with Gasteiger partial charge >= 0.3 is 5.97 Å². The summed E-state index contributed by atoms with van der Waals surface area (Å²) >= 11 is 0. The lowest BCUT2D eigenvalue weighted by Crippen LogP contribution is -2.36. The topological polar surface area (TPSA) is 63.3 Å². The molecule has 0 aromatic rings. The molecule has 0 aliphatic carbocycles. The Labute approximate surface area is 86.1 Å². The molecule has 0 heterocycles. The molecule has 0 rings (SSSR count). The maximum atomic E-state index is 12.7. The third-order valence-corrected chi connectivity index (χ3v) is 1.45. The molecule has 1 atom stereocenters. The maximum Gasteiger partial charge on any atom is 0.320 e. The van der Waals surface area contributed by atoms with Crippen LogP contribution in [0.4, 0.5) is 8.78 Å². The molecule has 1 unspecified atom stereocenters. The molecule has 0 fully saturated rings. The van der Waals surface area contributed by atoms with Crippen molar-refractivity contribution in [3.05, 3.63) is 0 Å². The van der Waals surface area contributed by atoms with E-state index < -0.39 is 24.4 Å². The van der Waals surface area contributed by atoms with Gasteiger partial charge in [-0.3, -0.25) is 4.79 Å². The fourth-order valence-corrected chi connectivity index (χ4v) is 0.877. The van der Waals surface area contributed by atoms with Crippen LogP contribution in [0, 0.1) is 0 Å². The summed E-state index contributed by atoms with van der Waals surface area (Å²) in [6.07, 6.45) is -0.774. The molecule has 0 aromatic carbocycles. The van der Waals surface area contributed by atoms with Gasteiger partial charge in [-0.25, -0.2) is 8.78 Å². The third-order valence-electron chi connectivity index (χ3n) is 1.45. The van der Waals surface area contributed by atoms with E-state index in [4.69, 9.17) is 10.8 Å². The molecule has 80 valence electrons. The lowest BCUT2D eigenvalue weighted by molar-refractivity contribution is -0.141. The predicted octanol–water partition coefficient (Wildman–Crippen LogP) is 1.80. The zero-order valence-electron chi connectivity index (χ0n) is 7.30. The summed E-state index contributed by atoms with van der Waals surface area (Å²) in [4.78, 5) is 10.1. The SMILES string of the molecule is Br.CCCC(F)(F)CC(N)C(=O)O. The van der Waals surface area contributed by atoms with Crippen molar-refractivity contribution < 1.29 is 18.7 Å². The minimum Gasteiger partial charge on any atom is -0.480 e. The second-order valence-corrected chi connectivity index (χ2v) is 2.75. The van der Waals surface area contributed by atoms with Crippen molar-refractivity contribution in [3.8, 4) is 0 Å². The molecule has 3 nitrogen and oxygen atoms in total. The number of carboxylic acids is 1. The van der Waals surface area contributed by atoms with Crippen molar-refractivity contribution in [3.63, 3.8) is 0 Å². The Kier molecular flexibility index (Phi) is 7.34. The number of aliphatic carboxylic acids is 1. The van der Waals surface area contributed by atoms with Gasteiger partial charge < -0.3 is 10.8 Å². The van der Waals surface area contributed by atoms with Crippen LogP contribution in [0.1, 0.15) is 26.2 Å². The van der Waals surface area contributed by atoms with E-state index in [0.29, 0.717) is 6.42 Å². The molecule has 0 spiro atoms. The average molecular weight is 262 g/mol. The summed E-state index contributed by atoms with van der Waals surface area (Å²) in [6.45, 7) is 1.61. The van der Waals surface area contributed by atoms with E-state index in [1.54, 1.807) is 6.92 Å². The zero-order valence-corrected chi connectivity index (χ0v) is 9.01. The summed E-state index contributed by atoms with van der Waals surface area (Å²) in [6, 6.07) is -1.47. The predicted molar refractivity (Wildman–Crippen MR) is 50.4 cm³/mol. The first-order chi connectivity index (χ1) is 5.39. The van der Waals surface area contributed by atoms with E-state index in [1.165, 1.54) is 0 Å². The summed E-state index contributed by atoms with van der Waals surface area (Å²) in [5.41, 5.74) is 4.95. The number of halogens is 3. The highest BCUT2D eigenvalue weighted by Gasteiger charge is 2.32. The van der Waals surface area contributed by atoms with E-state index in [2.05, 4.69) is 0 Å². The fraction of sp³-hybridized carbons (Fsp3) is 0.857. The Bertz CT molecular complexity index is 167.